The first kappa shape index (κ1) is 19.9. The highest BCUT2D eigenvalue weighted by molar-refractivity contribution is 4.96. The fourth-order valence-electron chi connectivity index (χ4n) is 2.79. The molecule has 2 aliphatic heterocycles. The van der Waals surface area contributed by atoms with Gasteiger partial charge in [-0.25, -0.2) is 0 Å². The van der Waals surface area contributed by atoms with Gasteiger partial charge in [0.1, 0.15) is 48.8 Å². The molecule has 2 rings (SSSR count). The van der Waals surface area contributed by atoms with Gasteiger partial charge < -0.3 is 55.1 Å². The third-order valence-corrected chi connectivity index (χ3v) is 4.36. The van der Waals surface area contributed by atoms with Gasteiger partial charge in [-0.15, -0.1) is 0 Å². The number of hydrogen-bond donors (Lipinski definition) is 8. The van der Waals surface area contributed by atoms with E-state index in [1.807, 2.05) is 0 Å². The van der Waals surface area contributed by atoms with Crippen molar-refractivity contribution in [2.45, 2.75) is 67.8 Å². The highest BCUT2D eigenvalue weighted by Gasteiger charge is 2.55. The summed E-state index contributed by atoms with van der Waals surface area (Å²) in [6, 6.07) is 0. The molecule has 0 radical (unpaired) electrons. The van der Waals surface area contributed by atoms with E-state index in [0.29, 0.717) is 0 Å². The second kappa shape index (κ2) is 7.43. The Labute approximate surface area is 137 Å². The van der Waals surface area contributed by atoms with E-state index in [0.717, 1.165) is 0 Å². The van der Waals surface area contributed by atoms with Crippen LogP contribution in [0.25, 0.3) is 0 Å². The number of ether oxygens (including phenoxy) is 3. The molecule has 142 valence electrons. The molecule has 0 saturated carbocycles. The summed E-state index contributed by atoms with van der Waals surface area (Å²) in [5.74, 6) is -2.01. The first-order valence-corrected chi connectivity index (χ1v) is 7.47. The second-order valence-corrected chi connectivity index (χ2v) is 6.10. The van der Waals surface area contributed by atoms with E-state index in [1.54, 1.807) is 0 Å². The van der Waals surface area contributed by atoms with Gasteiger partial charge in [0, 0.05) is 0 Å². The van der Waals surface area contributed by atoms with Crippen LogP contribution < -0.4 is 0 Å². The van der Waals surface area contributed by atoms with Gasteiger partial charge in [0.25, 0.3) is 0 Å². The van der Waals surface area contributed by atoms with Crippen LogP contribution >= 0.6 is 0 Å². The quantitative estimate of drug-likeness (QED) is 0.241. The summed E-state index contributed by atoms with van der Waals surface area (Å²) in [5.41, 5.74) is 0. The summed E-state index contributed by atoms with van der Waals surface area (Å²) in [5, 5.41) is 77.4. The van der Waals surface area contributed by atoms with Gasteiger partial charge in [-0.05, 0) is 6.92 Å². The van der Waals surface area contributed by atoms with E-state index in [-0.39, 0.29) is 0 Å². The molecule has 0 aromatic carbocycles. The van der Waals surface area contributed by atoms with Crippen molar-refractivity contribution in [3.8, 4) is 0 Å². The molecule has 2 fully saturated rings. The van der Waals surface area contributed by atoms with Crippen LogP contribution in [0.2, 0.25) is 0 Å². The Balaban J connectivity index is 2.18. The lowest BCUT2D eigenvalue weighted by Crippen LogP contribution is -2.68. The van der Waals surface area contributed by atoms with Crippen LogP contribution in [-0.2, 0) is 14.2 Å². The van der Waals surface area contributed by atoms with Gasteiger partial charge in [-0.3, -0.25) is 0 Å². The van der Waals surface area contributed by atoms with Crippen molar-refractivity contribution in [1.29, 1.82) is 0 Å². The lowest BCUT2D eigenvalue weighted by molar-refractivity contribution is -0.416. The molecule has 2 saturated heterocycles. The summed E-state index contributed by atoms with van der Waals surface area (Å²) < 4.78 is 15.8. The van der Waals surface area contributed by atoms with Crippen LogP contribution in [0.1, 0.15) is 6.92 Å². The molecule has 11 heteroatoms. The first-order chi connectivity index (χ1) is 11.2. The Kier molecular flexibility index (Phi) is 6.16. The Morgan fingerprint density at radius 1 is 0.792 bits per heavy atom. The minimum Gasteiger partial charge on any atom is -0.394 e. The molecule has 2 heterocycles. The van der Waals surface area contributed by atoms with Crippen molar-refractivity contribution in [2.75, 3.05) is 13.2 Å². The largest absolute Gasteiger partial charge is 0.394 e. The zero-order valence-corrected chi connectivity index (χ0v) is 12.9. The van der Waals surface area contributed by atoms with Crippen LogP contribution in [0, 0.1) is 0 Å². The van der Waals surface area contributed by atoms with E-state index in [1.165, 1.54) is 6.92 Å². The maximum absolute atomic E-state index is 10.1. The van der Waals surface area contributed by atoms with Crippen LogP contribution in [0.5, 0.6) is 0 Å². The molecule has 0 aromatic rings. The van der Waals surface area contributed by atoms with E-state index in [4.69, 9.17) is 19.3 Å². The Hall–Kier alpha value is -0.440. The van der Waals surface area contributed by atoms with Crippen LogP contribution in [0.4, 0.5) is 0 Å². The Bertz CT molecular complexity index is 419. The van der Waals surface area contributed by atoms with E-state index >= 15 is 0 Å². The average molecular weight is 356 g/mol. The minimum absolute atomic E-state index is 0.675. The van der Waals surface area contributed by atoms with Crippen LogP contribution in [0.3, 0.4) is 0 Å². The molecule has 0 amide bonds. The lowest BCUT2D eigenvalue weighted by Gasteiger charge is -2.49. The molecule has 10 atom stereocenters. The summed E-state index contributed by atoms with van der Waals surface area (Å²) in [4.78, 5) is 0. The van der Waals surface area contributed by atoms with Gasteiger partial charge in [0.05, 0.1) is 13.2 Å². The minimum atomic E-state index is -2.01. The molecule has 0 unspecified atom stereocenters. The SMILES string of the molecule is C[C@]1(O[C@H]2O[C@H](CO)[C@@H](O)[C@H](O)[C@H]2O)O[C@H](CO)[C@@H](O)[C@H](O)[C@H]1O. The van der Waals surface area contributed by atoms with Gasteiger partial charge in [-0.1, -0.05) is 0 Å². The molecule has 2 aliphatic rings. The highest BCUT2D eigenvalue weighted by atomic mass is 16.8. The highest BCUT2D eigenvalue weighted by Crippen LogP contribution is 2.34. The maximum Gasteiger partial charge on any atom is 0.197 e. The van der Waals surface area contributed by atoms with Crippen LogP contribution in [-0.4, -0.2) is 115 Å². The van der Waals surface area contributed by atoms with Crippen molar-refractivity contribution in [2.24, 2.45) is 0 Å². The van der Waals surface area contributed by atoms with Gasteiger partial charge >= 0.3 is 0 Å². The van der Waals surface area contributed by atoms with Crippen molar-refractivity contribution in [1.82, 2.24) is 0 Å². The zero-order chi connectivity index (χ0) is 18.2. The smallest absolute Gasteiger partial charge is 0.197 e. The number of aliphatic hydroxyl groups excluding tert-OH is 8. The van der Waals surface area contributed by atoms with E-state index in [2.05, 4.69) is 0 Å². The normalized spacial score (nSPS) is 53.1. The monoisotopic (exact) mass is 356 g/mol. The van der Waals surface area contributed by atoms with E-state index < -0.39 is 74.1 Å². The predicted molar refractivity (Wildman–Crippen MR) is 73.2 cm³/mol. The van der Waals surface area contributed by atoms with Crippen molar-refractivity contribution < 1.29 is 55.1 Å². The molecule has 11 nitrogen and oxygen atoms in total. The van der Waals surface area contributed by atoms with Gasteiger partial charge in [0.2, 0.25) is 0 Å². The van der Waals surface area contributed by atoms with E-state index in [9.17, 15) is 35.7 Å². The van der Waals surface area contributed by atoms with Crippen molar-refractivity contribution in [3.05, 3.63) is 0 Å². The topological polar surface area (TPSA) is 190 Å². The fraction of sp³-hybridized carbons (Fsp3) is 1.00. The van der Waals surface area contributed by atoms with Crippen LogP contribution in [0.15, 0.2) is 0 Å². The Morgan fingerprint density at radius 2 is 1.33 bits per heavy atom. The molecule has 0 spiro atoms. The second-order valence-electron chi connectivity index (χ2n) is 6.10. The van der Waals surface area contributed by atoms with Gasteiger partial charge in [-0.2, -0.15) is 0 Å². The standard InChI is InChI=1S/C13H24O11/c1-13(11(21)9(19)7(17)5(3-15)23-13)24-12-10(20)8(18)6(16)4(2-14)22-12/h4-12,14-21H,2-3H2,1H3/t4-,5-,6-,7-,8+,9+,10-,11-,12-,13-/m1/s1. The third kappa shape index (κ3) is 3.43. The zero-order valence-electron chi connectivity index (χ0n) is 12.9. The molecular weight excluding hydrogens is 332 g/mol. The predicted octanol–water partition coefficient (Wildman–Crippen LogP) is -5.01. The molecule has 0 aliphatic carbocycles. The summed E-state index contributed by atoms with van der Waals surface area (Å²) in [6.07, 6.45) is -14.2. The molecule has 0 bridgehead atoms. The van der Waals surface area contributed by atoms with Crippen molar-refractivity contribution >= 4 is 0 Å². The third-order valence-electron chi connectivity index (χ3n) is 4.36. The Morgan fingerprint density at radius 3 is 1.88 bits per heavy atom. The molecule has 24 heavy (non-hydrogen) atoms. The molecule has 0 aromatic heterocycles. The number of rotatable bonds is 4. The van der Waals surface area contributed by atoms with Crippen molar-refractivity contribution in [3.63, 3.8) is 0 Å². The summed E-state index contributed by atoms with van der Waals surface area (Å²) >= 11 is 0. The molecule has 8 N–H and O–H groups in total. The number of aliphatic hydroxyl groups is 8. The molecular formula is C13H24O11. The lowest BCUT2D eigenvalue weighted by atomic mass is 9.93. The fourth-order valence-corrected chi connectivity index (χ4v) is 2.79. The average Bonchev–Trinajstić information content (AvgIpc) is 2.57. The number of hydrogen-bond acceptors (Lipinski definition) is 11. The summed E-state index contributed by atoms with van der Waals surface area (Å²) in [7, 11) is 0. The first-order valence-electron chi connectivity index (χ1n) is 7.47. The maximum atomic E-state index is 10.1. The summed E-state index contributed by atoms with van der Waals surface area (Å²) in [6.45, 7) is -0.180. The van der Waals surface area contributed by atoms with Gasteiger partial charge in [0.15, 0.2) is 12.1 Å².